The van der Waals surface area contributed by atoms with E-state index in [1.54, 1.807) is 11.9 Å². The van der Waals surface area contributed by atoms with Gasteiger partial charge in [-0.2, -0.15) is 4.40 Å². The van der Waals surface area contributed by atoms with Gasteiger partial charge in [-0.25, -0.2) is 0 Å². The van der Waals surface area contributed by atoms with Gasteiger partial charge in [0.2, 0.25) is 0 Å². The Bertz CT molecular complexity index is 335. The van der Waals surface area contributed by atoms with Crippen LogP contribution in [0.5, 0.6) is 0 Å². The van der Waals surface area contributed by atoms with Gasteiger partial charge in [0.25, 0.3) is 0 Å². The number of nitrogens with zero attached hydrogens (tertiary/aromatic N) is 1. The molecule has 2 unspecified atom stereocenters. The first-order valence-electron chi connectivity index (χ1n) is 4.52. The minimum atomic E-state index is 0.578. The molecule has 0 bridgehead atoms. The summed E-state index contributed by atoms with van der Waals surface area (Å²) in [4.78, 5) is 2.33. The second kappa shape index (κ2) is 2.82. The van der Waals surface area contributed by atoms with Crippen LogP contribution in [0.4, 0.5) is 0 Å². The first-order chi connectivity index (χ1) is 6.38. The number of hydrogen-bond donors (Lipinski definition) is 0. The van der Waals surface area contributed by atoms with E-state index in [1.807, 2.05) is 0 Å². The molecular formula is C9H9NOS2. The number of fused-ring (bicyclic) bond motifs is 2. The minimum absolute atomic E-state index is 0.578. The van der Waals surface area contributed by atoms with Gasteiger partial charge in [-0.05, 0) is 12.8 Å². The summed E-state index contributed by atoms with van der Waals surface area (Å²) in [5.74, 6) is 2.16. The topological polar surface area (TPSA) is 21.6 Å². The van der Waals surface area contributed by atoms with Crippen molar-refractivity contribution in [2.24, 2.45) is 16.2 Å². The van der Waals surface area contributed by atoms with Gasteiger partial charge in [-0.15, -0.1) is 0 Å². The van der Waals surface area contributed by atoms with Gasteiger partial charge in [-0.3, -0.25) is 0 Å². The largest absolute Gasteiger partial charge is 0.443 e. The third kappa shape index (κ3) is 1.02. The zero-order chi connectivity index (χ0) is 8.84. The van der Waals surface area contributed by atoms with E-state index in [0.717, 1.165) is 10.6 Å². The zero-order valence-electron chi connectivity index (χ0n) is 7.03. The van der Waals surface area contributed by atoms with Crippen molar-refractivity contribution < 1.29 is 4.74 Å². The van der Waals surface area contributed by atoms with Crippen molar-refractivity contribution in [3.8, 4) is 0 Å². The van der Waals surface area contributed by atoms with Gasteiger partial charge >= 0.3 is 0 Å². The highest BCUT2D eigenvalue weighted by Crippen LogP contribution is 2.51. The molecule has 0 spiro atoms. The minimum Gasteiger partial charge on any atom is -0.443 e. The molecule has 0 saturated heterocycles. The maximum atomic E-state index is 5.40. The van der Waals surface area contributed by atoms with E-state index < -0.39 is 0 Å². The van der Waals surface area contributed by atoms with E-state index in [-0.39, 0.29) is 0 Å². The van der Waals surface area contributed by atoms with E-state index >= 15 is 0 Å². The third-order valence-electron chi connectivity index (χ3n) is 3.00. The maximum Gasteiger partial charge on any atom is 0.188 e. The van der Waals surface area contributed by atoms with E-state index in [1.165, 1.54) is 30.6 Å². The highest BCUT2D eigenvalue weighted by molar-refractivity contribution is 8.02. The molecule has 2 aliphatic carbocycles. The number of rotatable bonds is 0. The predicted molar refractivity (Wildman–Crippen MR) is 57.6 cm³/mol. The lowest BCUT2D eigenvalue weighted by molar-refractivity contribution is 0.462. The number of thiocarbonyl (C=S) groups is 1. The van der Waals surface area contributed by atoms with Crippen LogP contribution in [0, 0.1) is 11.8 Å². The third-order valence-corrected chi connectivity index (χ3v) is 4.37. The van der Waals surface area contributed by atoms with Gasteiger partial charge in [-0.1, -0.05) is 18.6 Å². The average molecular weight is 211 g/mol. The summed E-state index contributed by atoms with van der Waals surface area (Å²) in [5, 5.41) is 0. The van der Waals surface area contributed by atoms with Crippen LogP contribution in [-0.2, 0) is 4.74 Å². The van der Waals surface area contributed by atoms with Crippen molar-refractivity contribution in [3.05, 3.63) is 10.7 Å². The summed E-state index contributed by atoms with van der Waals surface area (Å²) in [6.07, 6.45) is 5.29. The first-order valence-corrected chi connectivity index (χ1v) is 5.70. The van der Waals surface area contributed by atoms with Gasteiger partial charge < -0.3 is 4.74 Å². The Morgan fingerprint density at radius 3 is 3.23 bits per heavy atom. The van der Waals surface area contributed by atoms with Crippen molar-refractivity contribution in [1.82, 2.24) is 0 Å². The molecule has 1 heterocycles. The first kappa shape index (κ1) is 8.00. The number of allylic oxidation sites excluding steroid dienone is 2. The molecule has 13 heavy (non-hydrogen) atoms. The number of hydrogen-bond acceptors (Lipinski definition) is 4. The zero-order valence-corrected chi connectivity index (χ0v) is 8.66. The second-order valence-electron chi connectivity index (χ2n) is 3.62. The Kier molecular flexibility index (Phi) is 1.73. The Hall–Kier alpha value is -0.350. The van der Waals surface area contributed by atoms with Gasteiger partial charge in [0.05, 0.1) is 9.77 Å². The van der Waals surface area contributed by atoms with Crippen LogP contribution in [0.15, 0.2) is 15.1 Å². The fraction of sp³-hybridized carbons (Fsp3) is 0.556. The highest BCUT2D eigenvalue weighted by Gasteiger charge is 2.44. The summed E-state index contributed by atoms with van der Waals surface area (Å²) in [6.45, 7) is 0. The summed E-state index contributed by atoms with van der Waals surface area (Å²) < 4.78 is 9.44. The molecular weight excluding hydrogens is 202 g/mol. The van der Waals surface area contributed by atoms with Crippen LogP contribution in [0.3, 0.4) is 0 Å². The summed E-state index contributed by atoms with van der Waals surface area (Å²) in [6, 6.07) is 0. The normalized spacial score (nSPS) is 36.2. The van der Waals surface area contributed by atoms with Crippen LogP contribution < -0.4 is 0 Å². The molecule has 3 rings (SSSR count). The molecule has 0 amide bonds. The average Bonchev–Trinajstić information content (AvgIpc) is 2.72. The van der Waals surface area contributed by atoms with E-state index in [4.69, 9.17) is 17.0 Å². The molecule has 0 aromatic carbocycles. The van der Waals surface area contributed by atoms with Crippen molar-refractivity contribution in [2.75, 3.05) is 0 Å². The Labute approximate surface area is 86.6 Å². The molecule has 0 aromatic rings. The molecule has 1 saturated carbocycles. The molecule has 2 nitrogen and oxygen atoms in total. The fourth-order valence-electron chi connectivity index (χ4n) is 2.42. The summed E-state index contributed by atoms with van der Waals surface area (Å²) in [5.41, 5.74) is 0. The van der Waals surface area contributed by atoms with Crippen molar-refractivity contribution >= 4 is 35.4 Å². The lowest BCUT2D eigenvalue weighted by atomic mass is 10.00. The van der Waals surface area contributed by atoms with Crippen LogP contribution in [0.1, 0.15) is 19.3 Å². The van der Waals surface area contributed by atoms with Crippen LogP contribution in [0.2, 0.25) is 0 Å². The van der Waals surface area contributed by atoms with E-state index in [2.05, 4.69) is 4.40 Å². The van der Waals surface area contributed by atoms with Gasteiger partial charge in [0.15, 0.2) is 12.2 Å². The van der Waals surface area contributed by atoms with Gasteiger partial charge in [0, 0.05) is 23.8 Å². The van der Waals surface area contributed by atoms with Gasteiger partial charge in [0.1, 0.15) is 0 Å². The number of ether oxygens (including phenoxy) is 1. The molecule has 1 aliphatic heterocycles. The lowest BCUT2D eigenvalue weighted by Gasteiger charge is -2.11. The summed E-state index contributed by atoms with van der Waals surface area (Å²) >= 11 is 6.95. The monoisotopic (exact) mass is 211 g/mol. The van der Waals surface area contributed by atoms with E-state index in [0.29, 0.717) is 11.8 Å². The SMILES string of the molecule is S=C1C2=C(SN=CO2)C2CCCC12. The molecule has 0 radical (unpaired) electrons. The fourth-order valence-corrected chi connectivity index (χ4v) is 3.79. The molecule has 68 valence electrons. The van der Waals surface area contributed by atoms with Crippen molar-refractivity contribution in [3.63, 3.8) is 0 Å². The highest BCUT2D eigenvalue weighted by atomic mass is 32.2. The Morgan fingerprint density at radius 1 is 1.46 bits per heavy atom. The second-order valence-corrected chi connectivity index (χ2v) is 4.89. The molecule has 0 aromatic heterocycles. The van der Waals surface area contributed by atoms with Crippen LogP contribution in [-0.4, -0.2) is 11.3 Å². The maximum absolute atomic E-state index is 5.40. The van der Waals surface area contributed by atoms with Crippen molar-refractivity contribution in [1.29, 1.82) is 0 Å². The van der Waals surface area contributed by atoms with Crippen molar-refractivity contribution in [2.45, 2.75) is 19.3 Å². The molecule has 4 heteroatoms. The molecule has 1 fully saturated rings. The lowest BCUT2D eigenvalue weighted by Crippen LogP contribution is -2.10. The van der Waals surface area contributed by atoms with Crippen LogP contribution in [0.25, 0.3) is 0 Å². The van der Waals surface area contributed by atoms with E-state index in [9.17, 15) is 0 Å². The predicted octanol–water partition coefficient (Wildman–Crippen LogP) is 2.70. The standard InChI is InChI=1S/C9H9NOS2/c12-8-5-2-1-3-6(5)9-7(8)11-4-10-13-9/h4-6H,1-3H2. The quantitative estimate of drug-likeness (QED) is 0.454. The summed E-state index contributed by atoms with van der Waals surface area (Å²) in [7, 11) is 0. The molecule has 0 N–H and O–H groups in total. The molecule has 3 aliphatic rings. The Balaban J connectivity index is 2.02. The molecule has 2 atom stereocenters. The smallest absolute Gasteiger partial charge is 0.188 e. The Morgan fingerprint density at radius 2 is 2.31 bits per heavy atom. The van der Waals surface area contributed by atoms with Crippen LogP contribution >= 0.6 is 24.2 Å².